The van der Waals surface area contributed by atoms with E-state index < -0.39 is 124 Å². The van der Waals surface area contributed by atoms with Gasteiger partial charge < -0.3 is 89.9 Å². The quantitative estimate of drug-likeness (QED) is 0.0200. The van der Waals surface area contributed by atoms with Gasteiger partial charge in [0.2, 0.25) is 5.91 Å². The first kappa shape index (κ1) is 81.2. The maximum atomic E-state index is 13.4. The molecule has 3 rings (SSSR count). The molecule has 1 amide bonds. The number of aliphatic hydroxyl groups excluding tert-OH is 11. The third-order valence-electron chi connectivity index (χ3n) is 16.9. The molecule has 0 spiro atoms. The van der Waals surface area contributed by atoms with Gasteiger partial charge in [0.15, 0.2) is 18.9 Å². The van der Waals surface area contributed by atoms with Gasteiger partial charge in [0.1, 0.15) is 73.2 Å². The van der Waals surface area contributed by atoms with Crippen LogP contribution in [0.5, 0.6) is 0 Å². The first-order chi connectivity index (χ1) is 43.8. The van der Waals surface area contributed by atoms with Crippen LogP contribution in [0.2, 0.25) is 0 Å². The van der Waals surface area contributed by atoms with E-state index in [0.29, 0.717) is 6.42 Å². The molecule has 3 aliphatic heterocycles. The van der Waals surface area contributed by atoms with Crippen molar-refractivity contribution in [3.05, 3.63) is 85.1 Å². The van der Waals surface area contributed by atoms with E-state index in [4.69, 9.17) is 28.4 Å². The molecule has 17 unspecified atom stereocenters. The van der Waals surface area contributed by atoms with E-state index in [0.717, 1.165) is 83.5 Å². The first-order valence-corrected chi connectivity index (χ1v) is 34.8. The van der Waals surface area contributed by atoms with Crippen molar-refractivity contribution >= 4 is 5.91 Å². The Balaban J connectivity index is 1.32. The van der Waals surface area contributed by atoms with E-state index in [1.54, 1.807) is 6.08 Å². The van der Waals surface area contributed by atoms with E-state index in [2.05, 4.69) is 92.1 Å². The molecule has 0 aliphatic carbocycles. The molecule has 3 fully saturated rings. The van der Waals surface area contributed by atoms with Crippen molar-refractivity contribution in [1.82, 2.24) is 5.32 Å². The summed E-state index contributed by atoms with van der Waals surface area (Å²) in [7, 11) is 0. The van der Waals surface area contributed by atoms with E-state index in [9.17, 15) is 61.0 Å². The van der Waals surface area contributed by atoms with Gasteiger partial charge in [-0.15, -0.1) is 0 Å². The topological polar surface area (TPSA) is 307 Å². The minimum absolute atomic E-state index is 0.240. The molecule has 12 N–H and O–H groups in total. The largest absolute Gasteiger partial charge is 0.394 e. The Morgan fingerprint density at radius 2 is 0.767 bits per heavy atom. The molecule has 0 saturated carbocycles. The molecule has 3 saturated heterocycles. The summed E-state index contributed by atoms with van der Waals surface area (Å²) < 4.78 is 34.3. The molecular formula is C71H123NO18. The smallest absolute Gasteiger partial charge is 0.220 e. The number of carbonyl (C=O) groups excluding carboxylic acids is 1. The molecule has 3 aliphatic rings. The van der Waals surface area contributed by atoms with Crippen LogP contribution < -0.4 is 5.32 Å². The summed E-state index contributed by atoms with van der Waals surface area (Å²) in [6.45, 7) is 1.58. The Labute approximate surface area is 540 Å². The number of allylic oxidation sites excluding steroid dienone is 13. The van der Waals surface area contributed by atoms with Gasteiger partial charge in [-0.25, -0.2) is 0 Å². The van der Waals surface area contributed by atoms with E-state index in [-0.39, 0.29) is 18.9 Å². The molecular weight excluding hydrogens is 1150 g/mol. The van der Waals surface area contributed by atoms with Gasteiger partial charge in [-0.1, -0.05) is 234 Å². The van der Waals surface area contributed by atoms with Crippen molar-refractivity contribution in [2.24, 2.45) is 0 Å². The predicted octanol–water partition coefficient (Wildman–Crippen LogP) is 9.10. The monoisotopic (exact) mass is 1280 g/mol. The number of aliphatic hydroxyl groups is 11. The van der Waals surface area contributed by atoms with Crippen molar-refractivity contribution in [3.63, 3.8) is 0 Å². The van der Waals surface area contributed by atoms with Crippen LogP contribution >= 0.6 is 0 Å². The fraction of sp³-hybridized carbons (Fsp3) is 0.789. The molecule has 19 nitrogen and oxygen atoms in total. The maximum Gasteiger partial charge on any atom is 0.220 e. The standard InChI is InChI=1S/C71H123NO18/c1-3-5-7-9-11-13-15-16-17-18-19-20-21-22-23-24-25-26-27-28-29-30-31-32-33-34-35-36-37-38-39-41-43-45-47-49-59(77)72-54(55(76)48-46-44-42-40-14-12-10-8-6-4-2)53-85-69-65(83)62(80)67(57(51-74)87-69)90-71-66(84)63(81)68(58(52-75)88-71)89-70-64(82)61(79)60(78)56(50-73)86-70/h5,7,11,13,16-17,19-20,22-23,25-26,46,48,54-58,60-71,73-76,78-84H,3-4,6,8-10,12,14-15,18,21,24,27-45,47,49-53H2,1-2H3,(H,72,77)/b7-5-,13-11-,17-16-,20-19-,23-22-,26-25-,48-46+. The molecule has 0 aromatic carbocycles. The number of ether oxygens (including phenoxy) is 6. The second-order valence-electron chi connectivity index (χ2n) is 24.6. The molecule has 3 heterocycles. The number of unbranched alkanes of at least 4 members (excludes halogenated alkanes) is 24. The normalized spacial score (nSPS) is 28.6. The minimum atomic E-state index is -1.98. The van der Waals surface area contributed by atoms with Crippen molar-refractivity contribution < 1.29 is 89.4 Å². The molecule has 90 heavy (non-hydrogen) atoms. The third kappa shape index (κ3) is 33.9. The summed E-state index contributed by atoms with van der Waals surface area (Å²) in [4.78, 5) is 13.4. The molecule has 520 valence electrons. The van der Waals surface area contributed by atoms with Gasteiger partial charge in [0.05, 0.1) is 38.6 Å². The van der Waals surface area contributed by atoms with Crippen LogP contribution in [-0.4, -0.2) is 193 Å². The average Bonchev–Trinajstić information content (AvgIpc) is 1.08. The van der Waals surface area contributed by atoms with Crippen LogP contribution in [0.4, 0.5) is 0 Å². The van der Waals surface area contributed by atoms with Crippen molar-refractivity contribution in [3.8, 4) is 0 Å². The van der Waals surface area contributed by atoms with E-state index >= 15 is 0 Å². The SMILES string of the molecule is CC/C=C\C/C=C\C/C=C\C/C=C\C/C=C\C/C=C\CCCCCCCCCCCCCCCCCCC(=O)NC(COC1OC(CO)C(OC2OC(CO)C(OC3OC(CO)C(O)C(O)C3O)C(O)C2O)C(O)C1O)C(O)/C=C/CCCCCCCCCC. The lowest BCUT2D eigenvalue weighted by Gasteiger charge is -2.48. The first-order valence-electron chi connectivity index (χ1n) is 34.8. The van der Waals surface area contributed by atoms with Gasteiger partial charge >= 0.3 is 0 Å². The maximum absolute atomic E-state index is 13.4. The number of rotatable bonds is 52. The predicted molar refractivity (Wildman–Crippen MR) is 351 cm³/mol. The van der Waals surface area contributed by atoms with Gasteiger partial charge in [0.25, 0.3) is 0 Å². The molecule has 0 aromatic rings. The molecule has 17 atom stereocenters. The van der Waals surface area contributed by atoms with Crippen LogP contribution in [0.25, 0.3) is 0 Å². The molecule has 0 bridgehead atoms. The molecule has 0 radical (unpaired) electrons. The number of hydrogen-bond acceptors (Lipinski definition) is 18. The summed E-state index contributed by atoms with van der Waals surface area (Å²) in [5.41, 5.74) is 0. The summed E-state index contributed by atoms with van der Waals surface area (Å²) in [5, 5.41) is 120. The Kier molecular flexibility index (Phi) is 47.2. The zero-order valence-corrected chi connectivity index (χ0v) is 54.8. The average molecular weight is 1280 g/mol. The lowest BCUT2D eigenvalue weighted by Crippen LogP contribution is -2.66. The second-order valence-corrected chi connectivity index (χ2v) is 24.6. The Bertz CT molecular complexity index is 1960. The fourth-order valence-electron chi connectivity index (χ4n) is 11.3. The summed E-state index contributed by atoms with van der Waals surface area (Å²) in [5.74, 6) is -0.280. The molecule has 19 heteroatoms. The Morgan fingerprint density at radius 3 is 1.20 bits per heavy atom. The van der Waals surface area contributed by atoms with Gasteiger partial charge in [0, 0.05) is 6.42 Å². The van der Waals surface area contributed by atoms with Crippen LogP contribution in [0.3, 0.4) is 0 Å². The van der Waals surface area contributed by atoms with Gasteiger partial charge in [-0.2, -0.15) is 0 Å². The minimum Gasteiger partial charge on any atom is -0.394 e. The lowest BCUT2D eigenvalue weighted by molar-refractivity contribution is -0.379. The van der Waals surface area contributed by atoms with Crippen LogP contribution in [0, 0.1) is 0 Å². The summed E-state index contributed by atoms with van der Waals surface area (Å²) in [6.07, 6.45) is 40.2. The third-order valence-corrected chi connectivity index (χ3v) is 16.9. The zero-order chi connectivity index (χ0) is 65.4. The van der Waals surface area contributed by atoms with Crippen molar-refractivity contribution in [2.75, 3.05) is 26.4 Å². The van der Waals surface area contributed by atoms with Crippen LogP contribution in [0.1, 0.15) is 226 Å². The van der Waals surface area contributed by atoms with Gasteiger partial charge in [-0.05, 0) is 70.6 Å². The highest BCUT2D eigenvalue weighted by Crippen LogP contribution is 2.33. The highest BCUT2D eigenvalue weighted by Gasteiger charge is 2.53. The lowest BCUT2D eigenvalue weighted by atomic mass is 9.96. The van der Waals surface area contributed by atoms with Crippen molar-refractivity contribution in [1.29, 1.82) is 0 Å². The summed E-state index contributed by atoms with van der Waals surface area (Å²) >= 11 is 0. The van der Waals surface area contributed by atoms with E-state index in [1.807, 2.05) is 6.08 Å². The van der Waals surface area contributed by atoms with Crippen LogP contribution in [0.15, 0.2) is 85.1 Å². The Morgan fingerprint density at radius 1 is 0.411 bits per heavy atom. The van der Waals surface area contributed by atoms with Gasteiger partial charge in [-0.3, -0.25) is 4.79 Å². The van der Waals surface area contributed by atoms with Crippen LogP contribution in [-0.2, 0) is 33.2 Å². The number of nitrogens with one attached hydrogen (secondary N) is 1. The fourth-order valence-corrected chi connectivity index (χ4v) is 11.3. The number of carbonyl (C=O) groups is 1. The highest BCUT2D eigenvalue weighted by molar-refractivity contribution is 5.76. The Hall–Kier alpha value is -3.03. The molecule has 0 aromatic heterocycles. The van der Waals surface area contributed by atoms with E-state index in [1.165, 1.54) is 116 Å². The highest BCUT2D eigenvalue weighted by atomic mass is 16.8. The zero-order valence-electron chi connectivity index (χ0n) is 54.8. The van der Waals surface area contributed by atoms with Crippen molar-refractivity contribution in [2.45, 2.75) is 330 Å². The summed E-state index contributed by atoms with van der Waals surface area (Å²) in [6, 6.07) is -0.974. The second kappa shape index (κ2) is 52.3. The number of hydrogen-bond donors (Lipinski definition) is 12. The number of amides is 1.